The summed E-state index contributed by atoms with van der Waals surface area (Å²) in [6.45, 7) is 1.32. The van der Waals surface area contributed by atoms with Gasteiger partial charge in [-0.1, -0.05) is 0 Å². The van der Waals surface area contributed by atoms with Crippen molar-refractivity contribution < 1.29 is 18.3 Å². The van der Waals surface area contributed by atoms with Gasteiger partial charge in [0.15, 0.2) is 0 Å². The summed E-state index contributed by atoms with van der Waals surface area (Å²) in [6.07, 6.45) is 2.71. The van der Waals surface area contributed by atoms with Crippen molar-refractivity contribution in [2.75, 3.05) is 0 Å². The summed E-state index contributed by atoms with van der Waals surface area (Å²) in [5, 5.41) is 7.49. The first-order valence-corrected chi connectivity index (χ1v) is 6.34. The number of hydrogen-bond donors (Lipinski definition) is 0. The zero-order valence-corrected chi connectivity index (χ0v) is 11.7. The van der Waals surface area contributed by atoms with Gasteiger partial charge >= 0.3 is 5.97 Å². The lowest BCUT2D eigenvalue weighted by molar-refractivity contribution is -0.131. The van der Waals surface area contributed by atoms with Crippen molar-refractivity contribution >= 4 is 18.4 Å². The molecule has 0 spiro atoms. The van der Waals surface area contributed by atoms with Crippen LogP contribution < -0.4 is 4.74 Å². The van der Waals surface area contributed by atoms with Gasteiger partial charge in [-0.15, -0.1) is 0 Å². The maximum absolute atomic E-state index is 13.0. The smallest absolute Gasteiger partial charge is 0.308 e. The number of carbonyl (C=O) groups is 1. The van der Waals surface area contributed by atoms with Crippen LogP contribution in [0.1, 0.15) is 18.1 Å². The van der Waals surface area contributed by atoms with E-state index < -0.39 is 17.6 Å². The number of hydrogen-bond acceptors (Lipinski definition) is 4. The van der Waals surface area contributed by atoms with Crippen LogP contribution in [0.3, 0.4) is 0 Å². The van der Waals surface area contributed by atoms with E-state index in [-0.39, 0.29) is 5.56 Å². The van der Waals surface area contributed by atoms with Gasteiger partial charge in [-0.3, -0.25) is 4.79 Å². The fourth-order valence-electron chi connectivity index (χ4n) is 1.64. The lowest BCUT2D eigenvalue weighted by Gasteiger charge is -2.00. The van der Waals surface area contributed by atoms with Gasteiger partial charge in [-0.05, 0) is 42.0 Å². The predicted molar refractivity (Wildman–Crippen MR) is 79.3 cm³/mol. The second kappa shape index (κ2) is 7.21. The Balaban J connectivity index is 1.99. The van der Waals surface area contributed by atoms with Crippen LogP contribution >= 0.6 is 0 Å². The fraction of sp³-hybridized carbons (Fsp3) is 0.0625. The number of benzene rings is 2. The van der Waals surface area contributed by atoms with Gasteiger partial charge in [0.25, 0.3) is 0 Å². The molecule has 0 fully saturated rings. The van der Waals surface area contributed by atoms with E-state index in [1.807, 2.05) is 0 Å². The van der Waals surface area contributed by atoms with Crippen LogP contribution in [0, 0.1) is 11.6 Å². The molecule has 4 nitrogen and oxygen atoms in total. The first-order valence-electron chi connectivity index (χ1n) is 6.34. The summed E-state index contributed by atoms with van der Waals surface area (Å²) < 4.78 is 30.8. The highest BCUT2D eigenvalue weighted by Gasteiger charge is 1.98. The topological polar surface area (TPSA) is 51.0 Å². The highest BCUT2D eigenvalue weighted by Crippen LogP contribution is 2.11. The number of halogens is 2. The summed E-state index contributed by atoms with van der Waals surface area (Å²) in [5.74, 6) is -1.31. The minimum absolute atomic E-state index is 0.278. The Morgan fingerprint density at radius 3 is 2.05 bits per heavy atom. The van der Waals surface area contributed by atoms with Gasteiger partial charge in [0.05, 0.1) is 12.4 Å². The van der Waals surface area contributed by atoms with E-state index in [9.17, 15) is 13.6 Å². The quantitative estimate of drug-likeness (QED) is 0.376. The number of esters is 1. The summed E-state index contributed by atoms with van der Waals surface area (Å²) in [7, 11) is 0. The Morgan fingerprint density at radius 2 is 1.50 bits per heavy atom. The fourth-order valence-corrected chi connectivity index (χ4v) is 1.64. The van der Waals surface area contributed by atoms with Crippen LogP contribution in [-0.2, 0) is 4.79 Å². The van der Waals surface area contributed by atoms with Crippen LogP contribution in [0.4, 0.5) is 8.78 Å². The molecule has 0 aliphatic rings. The molecule has 0 unspecified atom stereocenters. The molecule has 2 rings (SSSR count). The van der Waals surface area contributed by atoms with Crippen LogP contribution in [0.5, 0.6) is 5.75 Å². The minimum Gasteiger partial charge on any atom is -0.427 e. The minimum atomic E-state index is -0.675. The van der Waals surface area contributed by atoms with Crippen LogP contribution in [-0.4, -0.2) is 18.4 Å². The van der Waals surface area contributed by atoms with Crippen molar-refractivity contribution in [1.82, 2.24) is 0 Å². The lowest BCUT2D eigenvalue weighted by atomic mass is 10.2. The third-order valence-corrected chi connectivity index (χ3v) is 2.51. The normalized spacial score (nSPS) is 11.2. The van der Waals surface area contributed by atoms with Crippen molar-refractivity contribution in [1.29, 1.82) is 0 Å². The third kappa shape index (κ3) is 4.90. The van der Waals surface area contributed by atoms with Gasteiger partial charge < -0.3 is 4.74 Å². The van der Waals surface area contributed by atoms with Crippen LogP contribution in [0.25, 0.3) is 0 Å². The molecular formula is C16H12F2N2O2. The van der Waals surface area contributed by atoms with Crippen molar-refractivity contribution in [2.45, 2.75) is 6.92 Å². The highest BCUT2D eigenvalue weighted by atomic mass is 19.1. The lowest BCUT2D eigenvalue weighted by Crippen LogP contribution is -2.00. The first-order chi connectivity index (χ1) is 10.5. The Kier molecular flexibility index (Phi) is 5.08. The van der Waals surface area contributed by atoms with Gasteiger partial charge in [0.1, 0.15) is 17.4 Å². The van der Waals surface area contributed by atoms with E-state index in [1.54, 1.807) is 24.3 Å². The summed E-state index contributed by atoms with van der Waals surface area (Å²) in [4.78, 5) is 10.8. The van der Waals surface area contributed by atoms with Gasteiger partial charge in [-0.25, -0.2) is 8.78 Å². The van der Waals surface area contributed by atoms with E-state index in [1.165, 1.54) is 19.4 Å². The van der Waals surface area contributed by atoms with E-state index >= 15 is 0 Å². The molecule has 0 heterocycles. The first kappa shape index (κ1) is 15.5. The largest absolute Gasteiger partial charge is 0.427 e. The standard InChI is InChI=1S/C16H12F2N2O2/c1-11(21)22-16-4-2-12(3-5-16)9-19-20-10-13-6-14(17)8-15(18)7-13/h2-10H,1H3. The Hall–Kier alpha value is -2.89. The van der Waals surface area contributed by atoms with Crippen molar-refractivity contribution in [2.24, 2.45) is 10.2 Å². The Labute approximate surface area is 125 Å². The maximum atomic E-state index is 13.0. The summed E-state index contributed by atoms with van der Waals surface area (Å²) in [6, 6.07) is 9.71. The predicted octanol–water partition coefficient (Wildman–Crippen LogP) is 3.34. The zero-order chi connectivity index (χ0) is 15.9. The molecule has 2 aromatic rings. The second-order valence-electron chi connectivity index (χ2n) is 4.35. The summed E-state index contributed by atoms with van der Waals surface area (Å²) in [5.41, 5.74) is 1.01. The van der Waals surface area contributed by atoms with Crippen LogP contribution in [0.2, 0.25) is 0 Å². The SMILES string of the molecule is CC(=O)Oc1ccc(C=NN=Cc2cc(F)cc(F)c2)cc1. The molecule has 0 aliphatic heterocycles. The molecule has 0 N–H and O–H groups in total. The molecule has 0 atom stereocenters. The number of rotatable bonds is 4. The van der Waals surface area contributed by atoms with Crippen molar-refractivity contribution in [3.05, 3.63) is 65.2 Å². The molecule has 22 heavy (non-hydrogen) atoms. The highest BCUT2D eigenvalue weighted by molar-refractivity contribution is 5.82. The molecule has 0 aromatic heterocycles. The maximum Gasteiger partial charge on any atom is 0.308 e. The van der Waals surface area contributed by atoms with Gasteiger partial charge in [0, 0.05) is 18.6 Å². The monoisotopic (exact) mass is 302 g/mol. The molecule has 6 heteroatoms. The molecule has 2 aromatic carbocycles. The molecule has 0 radical (unpaired) electrons. The molecule has 0 aliphatic carbocycles. The van der Waals surface area contributed by atoms with E-state index in [0.717, 1.165) is 23.8 Å². The molecule has 0 saturated carbocycles. The van der Waals surface area contributed by atoms with Crippen LogP contribution in [0.15, 0.2) is 52.7 Å². The van der Waals surface area contributed by atoms with Crippen molar-refractivity contribution in [3.63, 3.8) is 0 Å². The zero-order valence-electron chi connectivity index (χ0n) is 11.7. The summed E-state index contributed by atoms with van der Waals surface area (Å²) >= 11 is 0. The Morgan fingerprint density at radius 1 is 0.955 bits per heavy atom. The van der Waals surface area contributed by atoms with Gasteiger partial charge in [0.2, 0.25) is 0 Å². The van der Waals surface area contributed by atoms with E-state index in [4.69, 9.17) is 4.74 Å². The second-order valence-corrected chi connectivity index (χ2v) is 4.35. The van der Waals surface area contributed by atoms with E-state index in [2.05, 4.69) is 10.2 Å². The molecule has 0 saturated heterocycles. The average Bonchev–Trinajstić information content (AvgIpc) is 2.44. The number of nitrogens with zero attached hydrogens (tertiary/aromatic N) is 2. The molecule has 0 amide bonds. The molecule has 0 bridgehead atoms. The number of ether oxygens (including phenoxy) is 1. The molecule has 112 valence electrons. The molecular weight excluding hydrogens is 290 g/mol. The Bertz CT molecular complexity index is 705. The third-order valence-electron chi connectivity index (χ3n) is 2.51. The van der Waals surface area contributed by atoms with Gasteiger partial charge in [-0.2, -0.15) is 10.2 Å². The number of carbonyl (C=O) groups excluding carboxylic acids is 1. The van der Waals surface area contributed by atoms with E-state index in [0.29, 0.717) is 5.75 Å². The average molecular weight is 302 g/mol. The van der Waals surface area contributed by atoms with Crippen molar-refractivity contribution in [3.8, 4) is 5.75 Å².